The highest BCUT2D eigenvalue weighted by Crippen LogP contribution is 2.43. The van der Waals surface area contributed by atoms with Crippen molar-refractivity contribution in [1.29, 1.82) is 0 Å². The molecule has 0 aromatic heterocycles. The molecule has 0 saturated carbocycles. The van der Waals surface area contributed by atoms with Crippen molar-refractivity contribution >= 4 is 5.91 Å². The Balaban J connectivity index is 1.87. The molecular weight excluding hydrogens is 342 g/mol. The Labute approximate surface area is 160 Å². The van der Waals surface area contributed by atoms with Crippen molar-refractivity contribution in [1.82, 2.24) is 5.32 Å². The number of hydrogen-bond acceptors (Lipinski definition) is 4. The zero-order valence-electron chi connectivity index (χ0n) is 16.3. The van der Waals surface area contributed by atoms with E-state index >= 15 is 0 Å². The molecule has 0 spiro atoms. The van der Waals surface area contributed by atoms with Crippen molar-refractivity contribution in [2.45, 2.75) is 52.2 Å². The average Bonchev–Trinajstić information content (AvgIpc) is 2.69. The molecular formula is C22H27NO4. The summed E-state index contributed by atoms with van der Waals surface area (Å²) < 4.78 is 6.21. The van der Waals surface area contributed by atoms with Crippen LogP contribution in [0.4, 0.5) is 0 Å². The lowest BCUT2D eigenvalue weighted by atomic mass is 9.86. The maximum Gasteiger partial charge on any atom is 0.264 e. The molecule has 2 aromatic carbocycles. The van der Waals surface area contributed by atoms with E-state index in [-0.39, 0.29) is 12.5 Å². The SMILES string of the molecule is Cc1c(C)c2c(c(C)c1O)CCC(C)(C(=O)NC(CO)c1ccccc1)O2. The summed E-state index contributed by atoms with van der Waals surface area (Å²) >= 11 is 0. The Morgan fingerprint density at radius 1 is 1.19 bits per heavy atom. The first-order valence-electron chi connectivity index (χ1n) is 9.26. The van der Waals surface area contributed by atoms with Gasteiger partial charge in [0.2, 0.25) is 0 Å². The normalized spacial score (nSPS) is 19.7. The first-order valence-corrected chi connectivity index (χ1v) is 9.26. The summed E-state index contributed by atoms with van der Waals surface area (Å²) in [6.45, 7) is 7.22. The Morgan fingerprint density at radius 3 is 2.48 bits per heavy atom. The summed E-state index contributed by atoms with van der Waals surface area (Å²) in [6.07, 6.45) is 1.15. The van der Waals surface area contributed by atoms with Gasteiger partial charge in [0, 0.05) is 12.0 Å². The smallest absolute Gasteiger partial charge is 0.264 e. The van der Waals surface area contributed by atoms with E-state index in [4.69, 9.17) is 4.74 Å². The summed E-state index contributed by atoms with van der Waals surface area (Å²) in [5, 5.41) is 23.0. The van der Waals surface area contributed by atoms with Gasteiger partial charge in [-0.1, -0.05) is 30.3 Å². The second-order valence-corrected chi connectivity index (χ2v) is 7.48. The first kappa shape index (κ1) is 19.2. The fourth-order valence-corrected chi connectivity index (χ4v) is 3.64. The van der Waals surface area contributed by atoms with E-state index in [1.54, 1.807) is 6.92 Å². The zero-order valence-corrected chi connectivity index (χ0v) is 16.3. The lowest BCUT2D eigenvalue weighted by Gasteiger charge is -2.37. The molecule has 27 heavy (non-hydrogen) atoms. The minimum atomic E-state index is -1.03. The molecule has 0 fully saturated rings. The lowest BCUT2D eigenvalue weighted by molar-refractivity contribution is -0.138. The number of nitrogens with one attached hydrogen (secondary N) is 1. The topological polar surface area (TPSA) is 78.8 Å². The fourth-order valence-electron chi connectivity index (χ4n) is 3.64. The second kappa shape index (κ2) is 7.24. The van der Waals surface area contributed by atoms with Crippen LogP contribution in [0.25, 0.3) is 0 Å². The van der Waals surface area contributed by atoms with Crippen LogP contribution in [0, 0.1) is 20.8 Å². The number of benzene rings is 2. The highest BCUT2D eigenvalue weighted by atomic mass is 16.5. The summed E-state index contributed by atoms with van der Waals surface area (Å²) in [5.74, 6) is 0.734. The molecule has 1 aliphatic rings. The molecule has 1 heterocycles. The number of carbonyl (C=O) groups excluding carboxylic acids is 1. The van der Waals surface area contributed by atoms with E-state index in [0.717, 1.165) is 27.8 Å². The van der Waals surface area contributed by atoms with Gasteiger partial charge in [-0.2, -0.15) is 0 Å². The number of hydrogen-bond donors (Lipinski definition) is 3. The number of amides is 1. The van der Waals surface area contributed by atoms with Crippen LogP contribution in [-0.2, 0) is 11.2 Å². The molecule has 0 bridgehead atoms. The van der Waals surface area contributed by atoms with Gasteiger partial charge in [0.1, 0.15) is 11.5 Å². The molecule has 2 aromatic rings. The van der Waals surface area contributed by atoms with Gasteiger partial charge in [-0.05, 0) is 56.4 Å². The molecule has 3 N–H and O–H groups in total. The third-order valence-corrected chi connectivity index (χ3v) is 5.69. The van der Waals surface area contributed by atoms with E-state index in [9.17, 15) is 15.0 Å². The Morgan fingerprint density at radius 2 is 1.85 bits per heavy atom. The third kappa shape index (κ3) is 3.39. The molecule has 1 aliphatic heterocycles. The molecule has 0 aliphatic carbocycles. The van der Waals surface area contributed by atoms with Gasteiger partial charge in [0.05, 0.1) is 12.6 Å². The number of phenols is 1. The molecule has 5 heteroatoms. The Bertz CT molecular complexity index is 863. The van der Waals surface area contributed by atoms with Gasteiger partial charge in [-0.15, -0.1) is 0 Å². The zero-order chi connectivity index (χ0) is 19.8. The van der Waals surface area contributed by atoms with Gasteiger partial charge in [0.15, 0.2) is 5.60 Å². The van der Waals surface area contributed by atoms with Gasteiger partial charge in [-0.3, -0.25) is 4.79 Å². The Kier molecular flexibility index (Phi) is 5.16. The number of fused-ring (bicyclic) bond motifs is 1. The van der Waals surface area contributed by atoms with Crippen molar-refractivity contribution in [3.8, 4) is 11.5 Å². The lowest BCUT2D eigenvalue weighted by Crippen LogP contribution is -2.52. The predicted molar refractivity (Wildman–Crippen MR) is 104 cm³/mol. The number of aromatic hydroxyl groups is 1. The average molecular weight is 369 g/mol. The molecule has 0 saturated heterocycles. The molecule has 144 valence electrons. The number of carbonyl (C=O) groups is 1. The molecule has 3 rings (SSSR count). The van der Waals surface area contributed by atoms with Crippen LogP contribution in [0.15, 0.2) is 30.3 Å². The maximum absolute atomic E-state index is 13.0. The monoisotopic (exact) mass is 369 g/mol. The predicted octanol–water partition coefficient (Wildman–Crippen LogP) is 3.25. The largest absolute Gasteiger partial charge is 0.507 e. The first-order chi connectivity index (χ1) is 12.8. The van der Waals surface area contributed by atoms with E-state index < -0.39 is 11.6 Å². The number of aliphatic hydroxyl groups excluding tert-OH is 1. The molecule has 5 nitrogen and oxygen atoms in total. The minimum absolute atomic E-state index is 0.187. The Hall–Kier alpha value is -2.53. The third-order valence-electron chi connectivity index (χ3n) is 5.69. The van der Waals surface area contributed by atoms with E-state index in [0.29, 0.717) is 24.3 Å². The number of aliphatic hydroxyl groups is 1. The molecule has 0 radical (unpaired) electrons. The van der Waals surface area contributed by atoms with E-state index in [1.807, 2.05) is 51.1 Å². The highest BCUT2D eigenvalue weighted by molar-refractivity contribution is 5.86. The second-order valence-electron chi connectivity index (χ2n) is 7.48. The van der Waals surface area contributed by atoms with E-state index in [2.05, 4.69) is 5.32 Å². The van der Waals surface area contributed by atoms with Gasteiger partial charge < -0.3 is 20.3 Å². The summed E-state index contributed by atoms with van der Waals surface area (Å²) in [7, 11) is 0. The van der Waals surface area contributed by atoms with Crippen LogP contribution in [0.1, 0.15) is 47.2 Å². The molecule has 1 amide bonds. The quantitative estimate of drug-likeness (QED) is 0.773. The van der Waals surface area contributed by atoms with E-state index in [1.165, 1.54) is 0 Å². The fraction of sp³-hybridized carbons (Fsp3) is 0.409. The van der Waals surface area contributed by atoms with Gasteiger partial charge >= 0.3 is 0 Å². The summed E-state index contributed by atoms with van der Waals surface area (Å²) in [6, 6.07) is 8.91. The number of phenolic OH excluding ortho intramolecular Hbond substituents is 1. The van der Waals surface area contributed by atoms with Gasteiger partial charge in [0.25, 0.3) is 5.91 Å². The molecule has 2 atom stereocenters. The number of ether oxygens (including phenoxy) is 1. The van der Waals surface area contributed by atoms with Crippen LogP contribution in [0.3, 0.4) is 0 Å². The number of rotatable bonds is 4. The van der Waals surface area contributed by atoms with Crippen LogP contribution < -0.4 is 10.1 Å². The minimum Gasteiger partial charge on any atom is -0.507 e. The van der Waals surface area contributed by atoms with Crippen molar-refractivity contribution in [3.05, 3.63) is 58.1 Å². The highest BCUT2D eigenvalue weighted by Gasteiger charge is 2.41. The maximum atomic E-state index is 13.0. The van der Waals surface area contributed by atoms with Crippen molar-refractivity contribution in [2.24, 2.45) is 0 Å². The van der Waals surface area contributed by atoms with Crippen LogP contribution in [0.2, 0.25) is 0 Å². The summed E-state index contributed by atoms with van der Waals surface area (Å²) in [4.78, 5) is 13.0. The molecule has 2 unspecified atom stereocenters. The van der Waals surface area contributed by atoms with Crippen molar-refractivity contribution in [2.75, 3.05) is 6.61 Å². The van der Waals surface area contributed by atoms with Crippen LogP contribution in [-0.4, -0.2) is 28.3 Å². The van der Waals surface area contributed by atoms with Crippen molar-refractivity contribution < 1.29 is 19.7 Å². The summed E-state index contributed by atoms with van der Waals surface area (Å²) in [5.41, 5.74) is 3.22. The van der Waals surface area contributed by atoms with Crippen LogP contribution >= 0.6 is 0 Å². The van der Waals surface area contributed by atoms with Crippen molar-refractivity contribution in [3.63, 3.8) is 0 Å². The van der Waals surface area contributed by atoms with Crippen LogP contribution in [0.5, 0.6) is 11.5 Å². The standard InChI is InChI=1S/C22H27NO4/c1-13-14(2)20-17(15(3)19(13)25)10-11-22(4,27-20)21(26)23-18(12-24)16-8-6-5-7-9-16/h5-9,18,24-25H,10-12H2,1-4H3,(H,23,26). The van der Waals surface area contributed by atoms with Gasteiger partial charge in [-0.25, -0.2) is 0 Å².